The standard InChI is InChI=1S/C30H35N3O/c1-21(24-8-3-2-4-9-24)30(34)33(18-22-13-14-22)19-23-7-5-12-26(17-23)28-20-32-16-15-27(29(32)31-28)25-10-6-11-25/h2-5,7-9,12,17,20-22,25,27H,6,10-11,13-16,18-19H2,1H3/t21-,27?/m0/s1. The second kappa shape index (κ2) is 9.05. The molecule has 1 unspecified atom stereocenters. The number of imidazole rings is 1. The van der Waals surface area contributed by atoms with Crippen molar-refractivity contribution in [3.8, 4) is 11.3 Å². The number of aryl methyl sites for hydroxylation is 1. The smallest absolute Gasteiger partial charge is 0.230 e. The summed E-state index contributed by atoms with van der Waals surface area (Å²) in [6.45, 7) is 4.67. The number of rotatable bonds is 8. The molecule has 3 aliphatic rings. The number of amides is 1. The highest BCUT2D eigenvalue weighted by molar-refractivity contribution is 5.83. The van der Waals surface area contributed by atoms with Crippen LogP contribution in [-0.2, 0) is 17.9 Å². The van der Waals surface area contributed by atoms with Crippen LogP contribution in [0.1, 0.15) is 74.2 Å². The first kappa shape index (κ1) is 21.6. The summed E-state index contributed by atoms with van der Waals surface area (Å²) in [6, 6.07) is 18.9. The van der Waals surface area contributed by atoms with Gasteiger partial charge in [0.15, 0.2) is 0 Å². The summed E-state index contributed by atoms with van der Waals surface area (Å²) < 4.78 is 2.38. The Kier molecular flexibility index (Phi) is 5.76. The van der Waals surface area contributed by atoms with Crippen molar-refractivity contribution in [1.82, 2.24) is 14.5 Å². The summed E-state index contributed by atoms with van der Waals surface area (Å²) >= 11 is 0. The third-order valence-corrected chi connectivity index (χ3v) is 8.29. The summed E-state index contributed by atoms with van der Waals surface area (Å²) in [6.07, 6.45) is 10.1. The van der Waals surface area contributed by atoms with Gasteiger partial charge in [0.25, 0.3) is 0 Å². The molecule has 2 saturated carbocycles. The van der Waals surface area contributed by atoms with Crippen LogP contribution >= 0.6 is 0 Å². The average Bonchev–Trinajstić information content (AvgIpc) is 3.42. The fourth-order valence-electron chi connectivity index (χ4n) is 5.79. The van der Waals surface area contributed by atoms with Crippen molar-refractivity contribution in [2.24, 2.45) is 11.8 Å². The number of fused-ring (bicyclic) bond motifs is 1. The van der Waals surface area contributed by atoms with Gasteiger partial charge in [-0.25, -0.2) is 4.98 Å². The van der Waals surface area contributed by atoms with E-state index >= 15 is 0 Å². The normalized spacial score (nSPS) is 20.6. The summed E-state index contributed by atoms with van der Waals surface area (Å²) in [5, 5.41) is 0. The number of hydrogen-bond acceptors (Lipinski definition) is 2. The lowest BCUT2D eigenvalue weighted by molar-refractivity contribution is -0.133. The Morgan fingerprint density at radius 3 is 2.62 bits per heavy atom. The number of carbonyl (C=O) groups excluding carboxylic acids is 1. The third kappa shape index (κ3) is 4.31. The third-order valence-electron chi connectivity index (χ3n) is 8.29. The van der Waals surface area contributed by atoms with E-state index in [0.29, 0.717) is 18.4 Å². The van der Waals surface area contributed by atoms with Crippen molar-refractivity contribution in [2.45, 2.75) is 70.4 Å². The molecule has 0 radical (unpaired) electrons. The molecule has 0 N–H and O–H groups in total. The zero-order valence-corrected chi connectivity index (χ0v) is 20.2. The van der Waals surface area contributed by atoms with Crippen LogP contribution in [0.15, 0.2) is 60.8 Å². The number of carbonyl (C=O) groups is 1. The fourth-order valence-corrected chi connectivity index (χ4v) is 5.79. The van der Waals surface area contributed by atoms with Crippen LogP contribution in [0.5, 0.6) is 0 Å². The molecular formula is C30H35N3O. The van der Waals surface area contributed by atoms with E-state index in [2.05, 4.69) is 52.1 Å². The van der Waals surface area contributed by atoms with Gasteiger partial charge in [-0.15, -0.1) is 0 Å². The van der Waals surface area contributed by atoms with Gasteiger partial charge in [-0.2, -0.15) is 0 Å². The zero-order chi connectivity index (χ0) is 23.1. The maximum Gasteiger partial charge on any atom is 0.230 e. The van der Waals surface area contributed by atoms with E-state index in [4.69, 9.17) is 4.98 Å². The molecule has 1 aliphatic heterocycles. The van der Waals surface area contributed by atoms with E-state index in [1.165, 1.54) is 55.5 Å². The van der Waals surface area contributed by atoms with Crippen molar-refractivity contribution >= 4 is 5.91 Å². The van der Waals surface area contributed by atoms with Gasteiger partial charge in [-0.3, -0.25) is 4.79 Å². The predicted molar refractivity (Wildman–Crippen MR) is 135 cm³/mol. The average molecular weight is 454 g/mol. The molecule has 4 heteroatoms. The second-order valence-corrected chi connectivity index (χ2v) is 10.8. The van der Waals surface area contributed by atoms with Gasteiger partial charge in [0, 0.05) is 37.3 Å². The quantitative estimate of drug-likeness (QED) is 0.397. The van der Waals surface area contributed by atoms with Crippen molar-refractivity contribution in [2.75, 3.05) is 6.54 Å². The summed E-state index contributed by atoms with van der Waals surface area (Å²) in [4.78, 5) is 20.7. The van der Waals surface area contributed by atoms with E-state index in [-0.39, 0.29) is 11.8 Å². The van der Waals surface area contributed by atoms with Crippen LogP contribution in [0.3, 0.4) is 0 Å². The maximum absolute atomic E-state index is 13.5. The number of aromatic nitrogens is 2. The van der Waals surface area contributed by atoms with Gasteiger partial charge in [0.2, 0.25) is 5.91 Å². The lowest BCUT2D eigenvalue weighted by Crippen LogP contribution is -2.35. The van der Waals surface area contributed by atoms with Gasteiger partial charge >= 0.3 is 0 Å². The zero-order valence-electron chi connectivity index (χ0n) is 20.2. The molecule has 3 aromatic rings. The van der Waals surface area contributed by atoms with Crippen molar-refractivity contribution in [3.05, 3.63) is 77.7 Å². The van der Waals surface area contributed by atoms with Crippen LogP contribution < -0.4 is 0 Å². The Labute approximate surface area is 203 Å². The molecule has 0 spiro atoms. The molecule has 1 aromatic heterocycles. The molecule has 2 fully saturated rings. The number of nitrogens with zero attached hydrogens (tertiary/aromatic N) is 3. The molecule has 6 rings (SSSR count). The fraction of sp³-hybridized carbons (Fsp3) is 0.467. The lowest BCUT2D eigenvalue weighted by atomic mass is 9.75. The van der Waals surface area contributed by atoms with E-state index in [1.807, 2.05) is 25.1 Å². The minimum atomic E-state index is -0.123. The van der Waals surface area contributed by atoms with Crippen LogP contribution in [-0.4, -0.2) is 26.9 Å². The largest absolute Gasteiger partial charge is 0.338 e. The maximum atomic E-state index is 13.5. The van der Waals surface area contributed by atoms with E-state index in [1.54, 1.807) is 0 Å². The molecule has 0 saturated heterocycles. The second-order valence-electron chi connectivity index (χ2n) is 10.8. The Hall–Kier alpha value is -2.88. The van der Waals surface area contributed by atoms with Gasteiger partial charge in [-0.1, -0.05) is 55.0 Å². The van der Waals surface area contributed by atoms with E-state index in [9.17, 15) is 4.79 Å². The van der Waals surface area contributed by atoms with Crippen molar-refractivity contribution in [1.29, 1.82) is 0 Å². The van der Waals surface area contributed by atoms with Crippen LogP contribution in [0.2, 0.25) is 0 Å². The van der Waals surface area contributed by atoms with Crippen LogP contribution in [0.25, 0.3) is 11.3 Å². The van der Waals surface area contributed by atoms with E-state index in [0.717, 1.165) is 30.3 Å². The number of benzene rings is 2. The van der Waals surface area contributed by atoms with Gasteiger partial charge in [0.1, 0.15) is 5.82 Å². The van der Waals surface area contributed by atoms with Gasteiger partial charge < -0.3 is 9.47 Å². The SMILES string of the molecule is C[C@H](C(=O)N(Cc1cccc(-c2cn3c(n2)C(C2CCC2)CC3)c1)CC1CC1)c1ccccc1. The first-order valence-electron chi connectivity index (χ1n) is 13.2. The topological polar surface area (TPSA) is 38.1 Å². The summed E-state index contributed by atoms with van der Waals surface area (Å²) in [5.41, 5.74) is 4.53. The molecule has 4 nitrogen and oxygen atoms in total. The molecular weight excluding hydrogens is 418 g/mol. The monoisotopic (exact) mass is 453 g/mol. The molecule has 2 aromatic carbocycles. The highest BCUT2D eigenvalue weighted by atomic mass is 16.2. The summed E-state index contributed by atoms with van der Waals surface area (Å²) in [7, 11) is 0. The summed E-state index contributed by atoms with van der Waals surface area (Å²) in [5.74, 6) is 3.56. The van der Waals surface area contributed by atoms with Gasteiger partial charge in [-0.05, 0) is 68.1 Å². The Morgan fingerprint density at radius 1 is 1.06 bits per heavy atom. The number of hydrogen-bond donors (Lipinski definition) is 0. The Balaban J connectivity index is 1.21. The molecule has 0 bridgehead atoms. The van der Waals surface area contributed by atoms with Crippen LogP contribution in [0, 0.1) is 11.8 Å². The molecule has 2 atom stereocenters. The Bertz CT molecular complexity index is 1160. The van der Waals surface area contributed by atoms with Gasteiger partial charge in [0.05, 0.1) is 11.6 Å². The van der Waals surface area contributed by atoms with Crippen molar-refractivity contribution in [3.63, 3.8) is 0 Å². The molecule has 34 heavy (non-hydrogen) atoms. The minimum absolute atomic E-state index is 0.123. The molecule has 2 heterocycles. The molecule has 176 valence electrons. The minimum Gasteiger partial charge on any atom is -0.338 e. The lowest BCUT2D eigenvalue weighted by Gasteiger charge is -2.30. The predicted octanol–water partition coefficient (Wildman–Crippen LogP) is 6.38. The van der Waals surface area contributed by atoms with Crippen molar-refractivity contribution < 1.29 is 4.79 Å². The first-order chi connectivity index (χ1) is 16.7. The Morgan fingerprint density at radius 2 is 1.88 bits per heavy atom. The van der Waals surface area contributed by atoms with E-state index < -0.39 is 0 Å². The highest BCUT2D eigenvalue weighted by Crippen LogP contribution is 2.44. The highest BCUT2D eigenvalue weighted by Gasteiger charge is 2.35. The first-order valence-corrected chi connectivity index (χ1v) is 13.2. The molecule has 1 amide bonds. The molecule has 2 aliphatic carbocycles. The van der Waals surface area contributed by atoms with Crippen LogP contribution in [0.4, 0.5) is 0 Å².